The molecule has 2 aromatic carbocycles. The average Bonchev–Trinajstić information content (AvgIpc) is 2.72. The molecular formula is C21H20N4O4. The standard InChI is InChI=1S/C21H20N4O4/c1-2-24-10-9-17-15(12-24)20(14-5-3-4-6-16(14)22-17)21(27)23-18-11-13(25(28)29)7-8-19(18)26/h3-8,11,26H,2,9-10,12H2,1H3,(H,23,27). The van der Waals surface area contributed by atoms with E-state index in [4.69, 9.17) is 4.98 Å². The van der Waals surface area contributed by atoms with Gasteiger partial charge in [0.25, 0.3) is 11.6 Å². The number of non-ortho nitro benzene ring substituents is 1. The van der Waals surface area contributed by atoms with Crippen LogP contribution >= 0.6 is 0 Å². The molecule has 0 radical (unpaired) electrons. The van der Waals surface area contributed by atoms with Gasteiger partial charge in [0.15, 0.2) is 0 Å². The number of nitrogens with zero attached hydrogens (tertiary/aromatic N) is 3. The maximum Gasteiger partial charge on any atom is 0.271 e. The highest BCUT2D eigenvalue weighted by molar-refractivity contribution is 6.14. The second-order valence-corrected chi connectivity index (χ2v) is 6.96. The van der Waals surface area contributed by atoms with E-state index in [-0.39, 0.29) is 17.1 Å². The number of para-hydroxylation sites is 1. The van der Waals surface area contributed by atoms with Crippen LogP contribution in [-0.2, 0) is 13.0 Å². The Labute approximate surface area is 166 Å². The molecule has 1 aliphatic rings. The number of aromatic nitrogens is 1. The molecule has 1 aromatic heterocycles. The van der Waals surface area contributed by atoms with Crippen molar-refractivity contribution in [2.45, 2.75) is 19.9 Å². The number of amides is 1. The van der Waals surface area contributed by atoms with Crippen molar-refractivity contribution in [1.82, 2.24) is 9.88 Å². The van der Waals surface area contributed by atoms with Crippen molar-refractivity contribution in [3.63, 3.8) is 0 Å². The number of rotatable bonds is 4. The lowest BCUT2D eigenvalue weighted by Crippen LogP contribution is -2.33. The van der Waals surface area contributed by atoms with Gasteiger partial charge in [-0.2, -0.15) is 0 Å². The molecule has 0 aliphatic carbocycles. The molecule has 1 aliphatic heterocycles. The van der Waals surface area contributed by atoms with Gasteiger partial charge < -0.3 is 10.4 Å². The van der Waals surface area contributed by atoms with Crippen molar-refractivity contribution in [3.05, 3.63) is 69.4 Å². The number of benzene rings is 2. The Balaban J connectivity index is 1.82. The summed E-state index contributed by atoms with van der Waals surface area (Å²) in [6.07, 6.45) is 0.746. The highest BCUT2D eigenvalue weighted by atomic mass is 16.6. The van der Waals surface area contributed by atoms with Crippen molar-refractivity contribution in [3.8, 4) is 5.75 Å². The Morgan fingerprint density at radius 1 is 1.31 bits per heavy atom. The van der Waals surface area contributed by atoms with E-state index in [2.05, 4.69) is 17.1 Å². The largest absolute Gasteiger partial charge is 0.506 e. The first-order valence-corrected chi connectivity index (χ1v) is 9.39. The number of nitrogens with one attached hydrogen (secondary N) is 1. The van der Waals surface area contributed by atoms with Crippen LogP contribution in [0.3, 0.4) is 0 Å². The minimum absolute atomic E-state index is 0.00185. The predicted molar refractivity (Wildman–Crippen MR) is 109 cm³/mol. The number of hydrogen-bond donors (Lipinski definition) is 2. The Hall–Kier alpha value is -3.52. The molecule has 0 saturated heterocycles. The van der Waals surface area contributed by atoms with Gasteiger partial charge in [-0.05, 0) is 18.7 Å². The average molecular weight is 392 g/mol. The Bertz CT molecular complexity index is 1130. The van der Waals surface area contributed by atoms with Crippen LogP contribution in [-0.4, -0.2) is 38.9 Å². The van der Waals surface area contributed by atoms with Crippen molar-refractivity contribution >= 4 is 28.2 Å². The van der Waals surface area contributed by atoms with Crippen molar-refractivity contribution < 1.29 is 14.8 Å². The van der Waals surface area contributed by atoms with Gasteiger partial charge in [-0.1, -0.05) is 25.1 Å². The zero-order chi connectivity index (χ0) is 20.5. The van der Waals surface area contributed by atoms with Gasteiger partial charge in [0.05, 0.1) is 21.7 Å². The number of fused-ring (bicyclic) bond motifs is 2. The van der Waals surface area contributed by atoms with Gasteiger partial charge in [-0.3, -0.25) is 24.8 Å². The summed E-state index contributed by atoms with van der Waals surface area (Å²) in [5.74, 6) is -0.653. The molecule has 148 valence electrons. The summed E-state index contributed by atoms with van der Waals surface area (Å²) in [7, 11) is 0. The van der Waals surface area contributed by atoms with Gasteiger partial charge in [0.1, 0.15) is 5.75 Å². The fourth-order valence-electron chi connectivity index (χ4n) is 3.70. The molecule has 0 atom stereocenters. The number of phenols is 1. The molecular weight excluding hydrogens is 372 g/mol. The summed E-state index contributed by atoms with van der Waals surface area (Å²) in [6, 6.07) is 11.0. The molecule has 0 bridgehead atoms. The van der Waals surface area contributed by atoms with E-state index in [0.29, 0.717) is 17.5 Å². The van der Waals surface area contributed by atoms with Crippen molar-refractivity contribution in [2.24, 2.45) is 0 Å². The van der Waals surface area contributed by atoms with Crippen LogP contribution in [0.2, 0.25) is 0 Å². The molecule has 2 heterocycles. The fraction of sp³-hybridized carbons (Fsp3) is 0.238. The highest BCUT2D eigenvalue weighted by Crippen LogP contribution is 2.32. The number of carbonyl (C=O) groups excluding carboxylic acids is 1. The van der Waals surface area contributed by atoms with E-state index in [9.17, 15) is 20.0 Å². The molecule has 1 amide bonds. The maximum absolute atomic E-state index is 13.3. The van der Waals surface area contributed by atoms with Crippen molar-refractivity contribution in [1.29, 1.82) is 0 Å². The molecule has 0 saturated carbocycles. The van der Waals surface area contributed by atoms with Gasteiger partial charge in [0.2, 0.25) is 0 Å². The Kier molecular flexibility index (Phi) is 4.85. The first-order valence-electron chi connectivity index (χ1n) is 9.39. The summed E-state index contributed by atoms with van der Waals surface area (Å²) in [6.45, 7) is 4.41. The Morgan fingerprint density at radius 2 is 2.10 bits per heavy atom. The maximum atomic E-state index is 13.3. The van der Waals surface area contributed by atoms with E-state index in [1.54, 1.807) is 0 Å². The first-order chi connectivity index (χ1) is 14.0. The fourth-order valence-corrected chi connectivity index (χ4v) is 3.70. The minimum Gasteiger partial charge on any atom is -0.506 e. The number of anilines is 1. The number of pyridine rings is 1. The number of nitro benzene ring substituents is 1. The minimum atomic E-state index is -0.572. The molecule has 4 rings (SSSR count). The molecule has 8 nitrogen and oxygen atoms in total. The first kappa shape index (κ1) is 18.8. The van der Waals surface area contributed by atoms with Crippen molar-refractivity contribution in [2.75, 3.05) is 18.4 Å². The van der Waals surface area contributed by atoms with Gasteiger partial charge in [0, 0.05) is 48.3 Å². The second-order valence-electron chi connectivity index (χ2n) is 6.96. The van der Waals surface area contributed by atoms with E-state index in [1.165, 1.54) is 12.1 Å². The predicted octanol–water partition coefficient (Wildman–Crippen LogP) is 3.48. The zero-order valence-electron chi connectivity index (χ0n) is 15.9. The van der Waals surface area contributed by atoms with Crippen LogP contribution in [0.5, 0.6) is 5.75 Å². The quantitative estimate of drug-likeness (QED) is 0.400. The van der Waals surface area contributed by atoms with E-state index in [1.807, 2.05) is 24.3 Å². The second kappa shape index (κ2) is 7.48. The number of hydrogen-bond acceptors (Lipinski definition) is 6. The molecule has 8 heteroatoms. The monoisotopic (exact) mass is 392 g/mol. The normalized spacial score (nSPS) is 13.8. The lowest BCUT2D eigenvalue weighted by Gasteiger charge is -2.29. The SMILES string of the molecule is CCN1CCc2nc3ccccc3c(C(=O)Nc3cc([N+](=O)[O-])ccc3O)c2C1. The third kappa shape index (κ3) is 3.50. The van der Waals surface area contributed by atoms with Gasteiger partial charge in [-0.15, -0.1) is 0 Å². The summed E-state index contributed by atoms with van der Waals surface area (Å²) >= 11 is 0. The smallest absolute Gasteiger partial charge is 0.271 e. The molecule has 29 heavy (non-hydrogen) atoms. The third-order valence-corrected chi connectivity index (χ3v) is 5.24. The van der Waals surface area contributed by atoms with Crippen LogP contribution in [0, 0.1) is 10.1 Å². The lowest BCUT2D eigenvalue weighted by molar-refractivity contribution is -0.384. The van der Waals surface area contributed by atoms with Crippen LogP contribution in [0.1, 0.15) is 28.5 Å². The third-order valence-electron chi connectivity index (χ3n) is 5.24. The molecule has 0 fully saturated rings. The summed E-state index contributed by atoms with van der Waals surface area (Å²) in [5, 5.41) is 24.5. The number of nitro groups is 1. The molecule has 2 N–H and O–H groups in total. The van der Waals surface area contributed by atoms with E-state index >= 15 is 0 Å². The number of likely N-dealkylation sites (N-methyl/N-ethyl adjacent to an activating group) is 1. The number of phenolic OH excluding ortho intramolecular Hbond substituents is 1. The van der Waals surface area contributed by atoms with Gasteiger partial charge in [-0.25, -0.2) is 0 Å². The van der Waals surface area contributed by atoms with E-state index in [0.717, 1.165) is 42.4 Å². The summed E-state index contributed by atoms with van der Waals surface area (Å²) in [4.78, 5) is 30.8. The van der Waals surface area contributed by atoms with Crippen LogP contribution < -0.4 is 5.32 Å². The summed E-state index contributed by atoms with van der Waals surface area (Å²) in [5.41, 5.74) is 2.76. The molecule has 0 unspecified atom stereocenters. The van der Waals surface area contributed by atoms with Crippen LogP contribution in [0.4, 0.5) is 11.4 Å². The van der Waals surface area contributed by atoms with Gasteiger partial charge >= 0.3 is 0 Å². The van der Waals surface area contributed by atoms with Crippen LogP contribution in [0.15, 0.2) is 42.5 Å². The highest BCUT2D eigenvalue weighted by Gasteiger charge is 2.26. The number of aromatic hydroxyl groups is 1. The summed E-state index contributed by atoms with van der Waals surface area (Å²) < 4.78 is 0. The topological polar surface area (TPSA) is 109 Å². The zero-order valence-corrected chi connectivity index (χ0v) is 15.9. The molecule has 0 spiro atoms. The lowest BCUT2D eigenvalue weighted by atomic mass is 9.95. The van der Waals surface area contributed by atoms with Crippen LogP contribution in [0.25, 0.3) is 10.9 Å². The van der Waals surface area contributed by atoms with E-state index < -0.39 is 10.8 Å². The molecule has 3 aromatic rings. The number of carbonyl (C=O) groups is 1. The Morgan fingerprint density at radius 3 is 2.86 bits per heavy atom.